The molecule has 6 nitrogen and oxygen atoms in total. The van der Waals surface area contributed by atoms with Crippen molar-refractivity contribution in [2.45, 2.75) is 82.5 Å². The number of hydrogen-bond donors (Lipinski definition) is 0. The van der Waals surface area contributed by atoms with Gasteiger partial charge in [0.05, 0.1) is 16.7 Å². The van der Waals surface area contributed by atoms with Crippen LogP contribution in [0.25, 0.3) is 0 Å². The van der Waals surface area contributed by atoms with Crippen molar-refractivity contribution in [3.8, 4) is 0 Å². The predicted molar refractivity (Wildman–Crippen MR) is 119 cm³/mol. The van der Waals surface area contributed by atoms with Crippen LogP contribution in [0.3, 0.4) is 0 Å². The van der Waals surface area contributed by atoms with E-state index in [9.17, 15) is 4.79 Å². The fraction of sp³-hybridized carbons (Fsp3) is 0.739. The van der Waals surface area contributed by atoms with Crippen molar-refractivity contribution in [3.05, 3.63) is 23.0 Å². The molecule has 3 heterocycles. The molecule has 2 saturated heterocycles. The van der Waals surface area contributed by atoms with Gasteiger partial charge in [-0.25, -0.2) is 4.79 Å². The van der Waals surface area contributed by atoms with Gasteiger partial charge in [0.25, 0.3) is 0 Å². The van der Waals surface area contributed by atoms with E-state index in [1.54, 1.807) is 0 Å². The molecule has 0 N–H and O–H groups in total. The number of piperazine rings is 1. The van der Waals surface area contributed by atoms with Gasteiger partial charge in [0.15, 0.2) is 0 Å². The third-order valence-corrected chi connectivity index (χ3v) is 6.46. The van der Waals surface area contributed by atoms with E-state index in [-0.39, 0.29) is 23.2 Å². The minimum atomic E-state index is -0.456. The number of carbonyl (C=O) groups excluding carboxylic acids is 1. The van der Waals surface area contributed by atoms with Crippen molar-refractivity contribution in [2.24, 2.45) is 4.99 Å². The number of alkyl halides is 1. The van der Waals surface area contributed by atoms with Crippen LogP contribution in [-0.2, 0) is 9.47 Å². The van der Waals surface area contributed by atoms with E-state index in [0.29, 0.717) is 13.1 Å². The first-order valence-electron chi connectivity index (χ1n) is 11.2. The lowest BCUT2D eigenvalue weighted by atomic mass is 9.90. The van der Waals surface area contributed by atoms with Crippen molar-refractivity contribution < 1.29 is 14.3 Å². The molecule has 3 atom stereocenters. The number of aliphatic imine (C=N–C) groups is 1. The van der Waals surface area contributed by atoms with Crippen LogP contribution in [-0.4, -0.2) is 71.0 Å². The van der Waals surface area contributed by atoms with Gasteiger partial charge in [0.1, 0.15) is 11.7 Å². The number of hydrogen-bond acceptors (Lipinski definition) is 5. The van der Waals surface area contributed by atoms with Gasteiger partial charge in [0, 0.05) is 44.5 Å². The fourth-order valence-electron chi connectivity index (χ4n) is 4.68. The number of nitrogens with zero attached hydrogens (tertiary/aromatic N) is 3. The molecule has 0 bridgehead atoms. The number of rotatable bonds is 2. The highest BCUT2D eigenvalue weighted by atomic mass is 35.5. The predicted octanol–water partition coefficient (Wildman–Crippen LogP) is 4.49. The summed E-state index contributed by atoms with van der Waals surface area (Å²) < 4.78 is 11.9. The monoisotopic (exact) mass is 435 g/mol. The lowest BCUT2D eigenvalue weighted by Crippen LogP contribution is -2.50. The van der Waals surface area contributed by atoms with Crippen LogP contribution in [0.5, 0.6) is 0 Å². The fourth-order valence-corrected chi connectivity index (χ4v) is 4.80. The van der Waals surface area contributed by atoms with Gasteiger partial charge >= 0.3 is 6.09 Å². The summed E-state index contributed by atoms with van der Waals surface area (Å²) in [6.45, 7) is 10.8. The van der Waals surface area contributed by atoms with Crippen molar-refractivity contribution >= 4 is 23.9 Å². The van der Waals surface area contributed by atoms with E-state index in [1.165, 1.54) is 11.3 Å². The minimum absolute atomic E-state index is 0.0326. The summed E-state index contributed by atoms with van der Waals surface area (Å²) in [7, 11) is 0. The third-order valence-electron chi connectivity index (χ3n) is 6.21. The Kier molecular flexibility index (Phi) is 5.92. The Labute approximate surface area is 184 Å². The van der Waals surface area contributed by atoms with Crippen LogP contribution < -0.4 is 0 Å². The molecular formula is C23H34ClN3O3. The Morgan fingerprint density at radius 3 is 2.63 bits per heavy atom. The molecule has 1 amide bonds. The van der Waals surface area contributed by atoms with Gasteiger partial charge in [-0.3, -0.25) is 4.99 Å². The van der Waals surface area contributed by atoms with Crippen LogP contribution in [0.4, 0.5) is 4.79 Å². The summed E-state index contributed by atoms with van der Waals surface area (Å²) in [4.78, 5) is 20.9. The Hall–Kier alpha value is -1.53. The van der Waals surface area contributed by atoms with E-state index in [0.717, 1.165) is 50.9 Å². The molecule has 0 spiro atoms. The highest BCUT2D eigenvalue weighted by molar-refractivity contribution is 6.32. The Morgan fingerprint density at radius 1 is 1.27 bits per heavy atom. The zero-order valence-electron chi connectivity index (χ0n) is 18.6. The molecule has 1 aliphatic carbocycles. The molecule has 4 rings (SSSR count). The molecular weight excluding hydrogens is 402 g/mol. The average Bonchev–Trinajstić information content (AvgIpc) is 3.11. The molecule has 0 aromatic rings. The van der Waals surface area contributed by atoms with Crippen molar-refractivity contribution in [3.63, 3.8) is 0 Å². The highest BCUT2D eigenvalue weighted by Gasteiger charge is 2.39. The molecule has 3 aliphatic heterocycles. The van der Waals surface area contributed by atoms with Crippen LogP contribution >= 0.6 is 11.6 Å². The van der Waals surface area contributed by atoms with Crippen molar-refractivity contribution in [1.82, 2.24) is 9.80 Å². The first kappa shape index (κ1) is 21.7. The number of carbonyl (C=O) groups is 1. The summed E-state index contributed by atoms with van der Waals surface area (Å²) >= 11 is 6.37. The smallest absolute Gasteiger partial charge is 0.410 e. The normalized spacial score (nSPS) is 32.2. The second kappa shape index (κ2) is 8.19. The van der Waals surface area contributed by atoms with Gasteiger partial charge in [-0.15, -0.1) is 11.6 Å². The van der Waals surface area contributed by atoms with E-state index < -0.39 is 5.60 Å². The summed E-state index contributed by atoms with van der Waals surface area (Å²) in [5.41, 5.74) is 3.43. The Morgan fingerprint density at radius 2 is 2.00 bits per heavy atom. The van der Waals surface area contributed by atoms with Gasteiger partial charge in [-0.05, 0) is 59.0 Å². The SMILES string of the molecule is CC1(Cl)C=NC(C2CC3=C(N4CCN(C(=O)OC(C)(C)C)CC4)CCCC3O2)=CC1. The number of halogens is 1. The first-order chi connectivity index (χ1) is 14.1. The Bertz CT molecular complexity index is 773. The molecule has 0 saturated carbocycles. The topological polar surface area (TPSA) is 54.4 Å². The lowest BCUT2D eigenvalue weighted by Gasteiger charge is -2.40. The second-order valence-electron chi connectivity index (χ2n) is 10.0. The van der Waals surface area contributed by atoms with Crippen LogP contribution in [0.1, 0.15) is 59.8 Å². The maximum Gasteiger partial charge on any atom is 0.410 e. The number of ether oxygens (including phenoxy) is 2. The van der Waals surface area contributed by atoms with E-state index in [2.05, 4.69) is 16.0 Å². The minimum Gasteiger partial charge on any atom is -0.444 e. The largest absolute Gasteiger partial charge is 0.444 e. The Balaban J connectivity index is 1.41. The van der Waals surface area contributed by atoms with Gasteiger partial charge in [-0.1, -0.05) is 6.08 Å². The summed E-state index contributed by atoms with van der Waals surface area (Å²) in [5.74, 6) is 0. The molecule has 0 aromatic carbocycles. The summed E-state index contributed by atoms with van der Waals surface area (Å²) in [6, 6.07) is 0. The number of fused-ring (bicyclic) bond motifs is 1. The number of allylic oxidation sites excluding steroid dienone is 2. The zero-order valence-corrected chi connectivity index (χ0v) is 19.4. The van der Waals surface area contributed by atoms with Crippen molar-refractivity contribution in [2.75, 3.05) is 26.2 Å². The second-order valence-corrected chi connectivity index (χ2v) is 10.9. The standard InChI is InChI=1S/C23H34ClN3O3/c1-22(2,3)30-21(28)27-12-10-26(11-13-27)18-6-5-7-19-16(18)14-20(29-19)17-8-9-23(4,24)15-25-17/h8,15,19-20H,5-7,9-14H2,1-4H3. The average molecular weight is 436 g/mol. The van der Waals surface area contributed by atoms with Crippen molar-refractivity contribution in [1.29, 1.82) is 0 Å². The van der Waals surface area contributed by atoms with Crippen LogP contribution in [0.2, 0.25) is 0 Å². The quantitative estimate of drug-likeness (QED) is 0.599. The molecule has 7 heteroatoms. The molecule has 3 unspecified atom stereocenters. The van der Waals surface area contributed by atoms with Gasteiger partial charge in [-0.2, -0.15) is 0 Å². The molecule has 2 fully saturated rings. The van der Waals surface area contributed by atoms with E-state index in [4.69, 9.17) is 21.1 Å². The van der Waals surface area contributed by atoms with Gasteiger partial charge < -0.3 is 19.3 Å². The van der Waals surface area contributed by atoms with E-state index in [1.807, 2.05) is 38.8 Å². The maximum absolute atomic E-state index is 12.4. The maximum atomic E-state index is 12.4. The highest BCUT2D eigenvalue weighted by Crippen LogP contribution is 2.41. The molecule has 0 aromatic heterocycles. The molecule has 0 radical (unpaired) electrons. The zero-order chi connectivity index (χ0) is 21.5. The van der Waals surface area contributed by atoms with Gasteiger partial charge in [0.2, 0.25) is 0 Å². The molecule has 30 heavy (non-hydrogen) atoms. The van der Waals surface area contributed by atoms with E-state index >= 15 is 0 Å². The summed E-state index contributed by atoms with van der Waals surface area (Å²) in [6.07, 6.45) is 9.02. The number of amides is 1. The molecule has 166 valence electrons. The lowest BCUT2D eigenvalue weighted by molar-refractivity contribution is 0.0160. The van der Waals surface area contributed by atoms with Crippen LogP contribution in [0, 0.1) is 0 Å². The molecule has 4 aliphatic rings. The summed E-state index contributed by atoms with van der Waals surface area (Å²) in [5, 5.41) is 0. The first-order valence-corrected chi connectivity index (χ1v) is 11.5. The van der Waals surface area contributed by atoms with Crippen LogP contribution in [0.15, 0.2) is 28.0 Å². The third kappa shape index (κ3) is 4.86.